The lowest BCUT2D eigenvalue weighted by molar-refractivity contribution is -0.119. The highest BCUT2D eigenvalue weighted by molar-refractivity contribution is 5.98. The highest BCUT2D eigenvalue weighted by Crippen LogP contribution is 2.33. The first kappa shape index (κ1) is 22.3. The number of para-hydroxylation sites is 1. The quantitative estimate of drug-likeness (QED) is 0.277. The van der Waals surface area contributed by atoms with Crippen LogP contribution in [0.25, 0.3) is 55.8 Å². The van der Waals surface area contributed by atoms with Gasteiger partial charge in [-0.15, -0.1) is 0 Å². The monoisotopic (exact) mass is 500 g/mol. The van der Waals surface area contributed by atoms with Crippen LogP contribution in [0.3, 0.4) is 0 Å². The predicted molar refractivity (Wildman–Crippen MR) is 146 cm³/mol. The third kappa shape index (κ3) is 3.98. The zero-order valence-electron chi connectivity index (χ0n) is 20.5. The van der Waals surface area contributed by atoms with Crippen molar-refractivity contribution in [3.05, 3.63) is 73.4 Å². The lowest BCUT2D eigenvalue weighted by atomic mass is 10.1. The Labute approximate surface area is 217 Å². The number of fused-ring (bicyclic) bond motifs is 2. The average molecular weight is 501 g/mol. The van der Waals surface area contributed by atoms with E-state index < -0.39 is 0 Å². The minimum absolute atomic E-state index is 0.0676. The predicted octanol–water partition coefficient (Wildman–Crippen LogP) is 5.75. The Balaban J connectivity index is 1.25. The number of hydrogen-bond acceptors (Lipinski definition) is 6. The van der Waals surface area contributed by atoms with E-state index in [2.05, 4.69) is 41.5 Å². The summed E-state index contributed by atoms with van der Waals surface area (Å²) in [6, 6.07) is 13.9. The number of carbonyl (C=O) groups is 1. The molecule has 0 aliphatic heterocycles. The first-order valence-corrected chi connectivity index (χ1v) is 12.7. The number of aromatic amines is 2. The largest absolute Gasteiger partial charge is 0.337 e. The molecule has 5 heterocycles. The van der Waals surface area contributed by atoms with E-state index in [1.54, 1.807) is 31.0 Å². The van der Waals surface area contributed by atoms with E-state index in [-0.39, 0.29) is 11.8 Å². The van der Waals surface area contributed by atoms with Crippen LogP contribution in [-0.2, 0) is 4.79 Å². The Bertz CT molecular complexity index is 1780. The number of hydrogen-bond donors (Lipinski definition) is 3. The number of rotatable bonds is 5. The molecule has 0 bridgehead atoms. The van der Waals surface area contributed by atoms with Crippen molar-refractivity contribution in [1.29, 1.82) is 0 Å². The summed E-state index contributed by atoms with van der Waals surface area (Å²) in [6.07, 6.45) is 12.9. The van der Waals surface area contributed by atoms with Gasteiger partial charge in [0.15, 0.2) is 5.82 Å². The SMILES string of the molecule is O=C(Nc1cncc(-c2cc3c(-c4nc5c(-c6ccncc6)cccc5[nH]4)n[nH]c3cn2)c1)C1CCCC1. The van der Waals surface area contributed by atoms with Crippen molar-refractivity contribution in [2.45, 2.75) is 25.7 Å². The van der Waals surface area contributed by atoms with Gasteiger partial charge >= 0.3 is 0 Å². The van der Waals surface area contributed by atoms with Crippen LogP contribution in [0.2, 0.25) is 0 Å². The van der Waals surface area contributed by atoms with Gasteiger partial charge in [0.2, 0.25) is 5.91 Å². The van der Waals surface area contributed by atoms with Crippen molar-refractivity contribution >= 4 is 33.5 Å². The number of anilines is 1. The second-order valence-corrected chi connectivity index (χ2v) is 9.64. The number of aromatic nitrogens is 7. The second-order valence-electron chi connectivity index (χ2n) is 9.64. The molecule has 38 heavy (non-hydrogen) atoms. The summed E-state index contributed by atoms with van der Waals surface area (Å²) in [7, 11) is 0. The van der Waals surface area contributed by atoms with Crippen molar-refractivity contribution in [3.8, 4) is 33.9 Å². The number of carbonyl (C=O) groups excluding carboxylic acids is 1. The Kier molecular flexibility index (Phi) is 5.39. The Morgan fingerprint density at radius 1 is 0.921 bits per heavy atom. The summed E-state index contributed by atoms with van der Waals surface area (Å²) in [4.78, 5) is 34.1. The van der Waals surface area contributed by atoms with E-state index in [1.165, 1.54) is 0 Å². The number of pyridine rings is 3. The van der Waals surface area contributed by atoms with Crippen molar-refractivity contribution in [1.82, 2.24) is 35.1 Å². The van der Waals surface area contributed by atoms with Gasteiger partial charge in [-0.25, -0.2) is 4.98 Å². The van der Waals surface area contributed by atoms with Crippen LogP contribution in [0.1, 0.15) is 25.7 Å². The van der Waals surface area contributed by atoms with Crippen molar-refractivity contribution in [2.24, 2.45) is 5.92 Å². The van der Waals surface area contributed by atoms with Crippen LogP contribution in [-0.4, -0.2) is 41.0 Å². The van der Waals surface area contributed by atoms with Gasteiger partial charge in [-0.2, -0.15) is 5.10 Å². The van der Waals surface area contributed by atoms with Crippen LogP contribution < -0.4 is 5.32 Å². The highest BCUT2D eigenvalue weighted by atomic mass is 16.1. The van der Waals surface area contributed by atoms with Crippen LogP contribution >= 0.6 is 0 Å². The Hall–Kier alpha value is -4.92. The maximum atomic E-state index is 12.6. The summed E-state index contributed by atoms with van der Waals surface area (Å²) >= 11 is 0. The van der Waals surface area contributed by atoms with Gasteiger partial charge < -0.3 is 10.3 Å². The van der Waals surface area contributed by atoms with Gasteiger partial charge in [-0.3, -0.25) is 24.8 Å². The van der Waals surface area contributed by atoms with Crippen molar-refractivity contribution < 1.29 is 4.79 Å². The first-order chi connectivity index (χ1) is 18.7. The molecule has 1 fully saturated rings. The average Bonchev–Trinajstić information content (AvgIpc) is 3.73. The van der Waals surface area contributed by atoms with Crippen LogP contribution in [0.4, 0.5) is 5.69 Å². The lowest BCUT2D eigenvalue weighted by Gasteiger charge is -2.11. The van der Waals surface area contributed by atoms with Crippen LogP contribution in [0.5, 0.6) is 0 Å². The molecule has 1 saturated carbocycles. The normalized spacial score (nSPS) is 13.9. The molecule has 5 aromatic heterocycles. The maximum absolute atomic E-state index is 12.6. The maximum Gasteiger partial charge on any atom is 0.227 e. The minimum atomic E-state index is 0.0676. The number of imidazole rings is 1. The van der Waals surface area contributed by atoms with Crippen LogP contribution in [0, 0.1) is 5.92 Å². The fourth-order valence-corrected chi connectivity index (χ4v) is 5.24. The summed E-state index contributed by atoms with van der Waals surface area (Å²) < 4.78 is 0. The number of nitrogens with zero attached hydrogens (tertiary/aromatic N) is 5. The molecule has 1 aromatic carbocycles. The van der Waals surface area contributed by atoms with Gasteiger partial charge in [0.05, 0.1) is 40.3 Å². The molecular formula is C29H24N8O. The zero-order valence-corrected chi connectivity index (χ0v) is 20.5. The summed E-state index contributed by atoms with van der Waals surface area (Å²) in [6.45, 7) is 0. The minimum Gasteiger partial charge on any atom is -0.337 e. The number of H-pyrrole nitrogens is 2. The van der Waals surface area contributed by atoms with Crippen LogP contribution in [0.15, 0.2) is 73.4 Å². The molecule has 0 atom stereocenters. The zero-order chi connectivity index (χ0) is 25.5. The fraction of sp³-hybridized carbons (Fsp3) is 0.172. The molecule has 1 amide bonds. The molecule has 0 saturated heterocycles. The van der Waals surface area contributed by atoms with E-state index in [1.807, 2.05) is 36.4 Å². The topological polar surface area (TPSA) is 125 Å². The molecule has 9 heteroatoms. The van der Waals surface area contributed by atoms with Crippen molar-refractivity contribution in [3.63, 3.8) is 0 Å². The van der Waals surface area contributed by atoms with Gasteiger partial charge in [-0.1, -0.05) is 25.0 Å². The van der Waals surface area contributed by atoms with E-state index in [9.17, 15) is 4.79 Å². The third-order valence-corrected chi connectivity index (χ3v) is 7.20. The second kappa shape index (κ2) is 9.19. The Morgan fingerprint density at radius 3 is 2.66 bits per heavy atom. The molecular weight excluding hydrogens is 476 g/mol. The first-order valence-electron chi connectivity index (χ1n) is 12.7. The highest BCUT2D eigenvalue weighted by Gasteiger charge is 2.23. The number of benzene rings is 1. The molecule has 0 spiro atoms. The smallest absolute Gasteiger partial charge is 0.227 e. The number of nitrogens with one attached hydrogen (secondary N) is 3. The molecule has 0 unspecified atom stereocenters. The summed E-state index contributed by atoms with van der Waals surface area (Å²) in [5.41, 5.74) is 7.60. The van der Waals surface area contributed by atoms with Gasteiger partial charge in [0.25, 0.3) is 0 Å². The number of amides is 1. The van der Waals surface area contributed by atoms with E-state index >= 15 is 0 Å². The molecule has 3 N–H and O–H groups in total. The fourth-order valence-electron chi connectivity index (χ4n) is 5.24. The molecule has 0 radical (unpaired) electrons. The van der Waals surface area contributed by atoms with E-state index in [0.29, 0.717) is 17.2 Å². The van der Waals surface area contributed by atoms with Gasteiger partial charge in [0.1, 0.15) is 5.69 Å². The van der Waals surface area contributed by atoms with Gasteiger partial charge in [-0.05, 0) is 48.7 Å². The molecule has 9 nitrogen and oxygen atoms in total. The molecule has 1 aliphatic carbocycles. The summed E-state index contributed by atoms with van der Waals surface area (Å²) in [5, 5.41) is 11.5. The molecule has 6 aromatic rings. The van der Waals surface area contributed by atoms with Crippen molar-refractivity contribution in [2.75, 3.05) is 5.32 Å². The van der Waals surface area contributed by atoms with E-state index in [0.717, 1.165) is 70.0 Å². The molecule has 1 aliphatic rings. The van der Waals surface area contributed by atoms with E-state index in [4.69, 9.17) is 4.98 Å². The standard InChI is InChI=1S/C29H24N8O/c38-29(18-4-1-2-5-18)33-20-12-19(14-31-15-20)24-13-22-25(16-32-24)36-37-27(22)28-34-23-7-3-6-21(26(23)35-28)17-8-10-30-11-9-17/h3,6-16,18H,1-2,4-5H2,(H,33,38)(H,34,35)(H,36,37). The Morgan fingerprint density at radius 2 is 1.79 bits per heavy atom. The molecule has 7 rings (SSSR count). The van der Waals surface area contributed by atoms with Gasteiger partial charge in [0, 0.05) is 41.0 Å². The summed E-state index contributed by atoms with van der Waals surface area (Å²) in [5.74, 6) is 0.822. The third-order valence-electron chi connectivity index (χ3n) is 7.20. The lowest BCUT2D eigenvalue weighted by Crippen LogP contribution is -2.20. The molecule has 186 valence electrons.